The van der Waals surface area contributed by atoms with Gasteiger partial charge in [0, 0.05) is 7.11 Å². The maximum Gasteiger partial charge on any atom is 0.408 e. The highest BCUT2D eigenvalue weighted by atomic mass is 31.2. The number of ether oxygens (including phenoxy) is 1. The van der Waals surface area contributed by atoms with Gasteiger partial charge in [0.1, 0.15) is 12.4 Å². The summed E-state index contributed by atoms with van der Waals surface area (Å²) in [5.41, 5.74) is 0.840. The Bertz CT molecular complexity index is 491. The van der Waals surface area contributed by atoms with Gasteiger partial charge in [0.15, 0.2) is 0 Å². The summed E-state index contributed by atoms with van der Waals surface area (Å²) in [6.07, 6.45) is -0.418. The van der Waals surface area contributed by atoms with Crippen LogP contribution in [-0.2, 0) is 20.4 Å². The van der Waals surface area contributed by atoms with Crippen LogP contribution in [0.4, 0.5) is 4.79 Å². The second-order valence-corrected chi connectivity index (χ2v) is 7.21. The van der Waals surface area contributed by atoms with Gasteiger partial charge in [0.25, 0.3) is 0 Å². The van der Waals surface area contributed by atoms with Crippen molar-refractivity contribution in [2.75, 3.05) is 7.11 Å². The molecule has 0 saturated carbocycles. The lowest BCUT2D eigenvalue weighted by Gasteiger charge is -2.23. The summed E-state index contributed by atoms with van der Waals surface area (Å²) in [5, 5.41) is 2.41. The molecule has 0 heterocycles. The highest BCUT2D eigenvalue weighted by molar-refractivity contribution is 7.53. The summed E-state index contributed by atoms with van der Waals surface area (Å²) in [7, 11) is -2.75. The predicted octanol–water partition coefficient (Wildman–Crippen LogP) is 3.12. The molecule has 0 spiro atoms. The van der Waals surface area contributed by atoms with Crippen LogP contribution in [0.15, 0.2) is 30.3 Å². The van der Waals surface area contributed by atoms with E-state index in [0.29, 0.717) is 6.42 Å². The Labute approximate surface area is 125 Å². The van der Waals surface area contributed by atoms with E-state index in [1.54, 1.807) is 0 Å². The van der Waals surface area contributed by atoms with Gasteiger partial charge < -0.3 is 19.5 Å². The van der Waals surface area contributed by atoms with Crippen molar-refractivity contribution in [2.45, 2.75) is 32.7 Å². The molecule has 1 rings (SSSR count). The smallest absolute Gasteiger partial charge is 0.408 e. The van der Waals surface area contributed by atoms with Crippen LogP contribution in [0.3, 0.4) is 0 Å². The van der Waals surface area contributed by atoms with Crippen LogP contribution < -0.4 is 5.32 Å². The van der Waals surface area contributed by atoms with Gasteiger partial charge in [-0.1, -0.05) is 44.2 Å². The Morgan fingerprint density at radius 2 is 1.95 bits per heavy atom. The van der Waals surface area contributed by atoms with Crippen molar-refractivity contribution in [2.24, 2.45) is 5.92 Å². The van der Waals surface area contributed by atoms with Crippen molar-refractivity contribution in [1.82, 2.24) is 5.32 Å². The number of amides is 1. The molecule has 0 aromatic heterocycles. The first-order valence-corrected chi connectivity index (χ1v) is 8.35. The van der Waals surface area contributed by atoms with E-state index in [4.69, 9.17) is 4.74 Å². The quantitative estimate of drug-likeness (QED) is 0.755. The fourth-order valence-corrected chi connectivity index (χ4v) is 2.96. The van der Waals surface area contributed by atoms with E-state index >= 15 is 0 Å². The van der Waals surface area contributed by atoms with Gasteiger partial charge in [-0.25, -0.2) is 4.79 Å². The minimum atomic E-state index is -3.90. The lowest BCUT2D eigenvalue weighted by molar-refractivity contribution is 0.135. The molecule has 1 aromatic rings. The Morgan fingerprint density at radius 1 is 1.33 bits per heavy atom. The molecule has 0 bridgehead atoms. The molecule has 0 radical (unpaired) electrons. The number of rotatable bonds is 7. The van der Waals surface area contributed by atoms with Crippen LogP contribution in [0, 0.1) is 5.92 Å². The molecular weight excluding hydrogens is 293 g/mol. The van der Waals surface area contributed by atoms with Crippen LogP contribution in [0.2, 0.25) is 0 Å². The summed E-state index contributed by atoms with van der Waals surface area (Å²) in [4.78, 5) is 21.5. The topological polar surface area (TPSA) is 84.9 Å². The molecule has 2 atom stereocenters. The first kappa shape index (κ1) is 17.7. The highest BCUT2D eigenvalue weighted by Crippen LogP contribution is 2.47. The Morgan fingerprint density at radius 3 is 2.48 bits per heavy atom. The van der Waals surface area contributed by atoms with Crippen LogP contribution in [0.25, 0.3) is 0 Å². The normalized spacial score (nSPS) is 15.3. The zero-order chi connectivity index (χ0) is 15.9. The molecule has 6 nitrogen and oxygen atoms in total. The average Bonchev–Trinajstić information content (AvgIpc) is 2.45. The number of hydrogen-bond donors (Lipinski definition) is 2. The Balaban J connectivity index is 2.58. The van der Waals surface area contributed by atoms with Crippen molar-refractivity contribution in [3.8, 4) is 0 Å². The minimum absolute atomic E-state index is 0.101. The number of carbonyl (C=O) groups excluding carboxylic acids is 1. The van der Waals surface area contributed by atoms with Crippen molar-refractivity contribution >= 4 is 13.7 Å². The lowest BCUT2D eigenvalue weighted by atomic mass is 10.1. The van der Waals surface area contributed by atoms with Crippen LogP contribution in [-0.4, -0.2) is 23.9 Å². The Hall–Kier alpha value is -1.36. The van der Waals surface area contributed by atoms with Crippen molar-refractivity contribution < 1.29 is 23.5 Å². The first-order valence-electron chi connectivity index (χ1n) is 6.70. The third kappa shape index (κ3) is 6.29. The summed E-state index contributed by atoms with van der Waals surface area (Å²) in [5.74, 6) is -0.856. The van der Waals surface area contributed by atoms with Crippen molar-refractivity contribution in [1.29, 1.82) is 0 Å². The molecule has 0 aliphatic carbocycles. The van der Waals surface area contributed by atoms with E-state index in [9.17, 15) is 14.3 Å². The fraction of sp³-hybridized carbons (Fsp3) is 0.500. The van der Waals surface area contributed by atoms with E-state index in [0.717, 1.165) is 12.7 Å². The van der Waals surface area contributed by atoms with Gasteiger partial charge in [0.2, 0.25) is 0 Å². The summed E-state index contributed by atoms with van der Waals surface area (Å²) in [6.45, 7) is 3.88. The maximum absolute atomic E-state index is 11.9. The predicted molar refractivity (Wildman–Crippen MR) is 79.8 cm³/mol. The van der Waals surface area contributed by atoms with Crippen LogP contribution >= 0.6 is 7.60 Å². The summed E-state index contributed by atoms with van der Waals surface area (Å²) in [6, 6.07) is 9.19. The second-order valence-electron chi connectivity index (χ2n) is 5.10. The van der Waals surface area contributed by atoms with Gasteiger partial charge in [-0.3, -0.25) is 4.57 Å². The monoisotopic (exact) mass is 315 g/mol. The number of hydrogen-bond acceptors (Lipinski definition) is 4. The molecule has 21 heavy (non-hydrogen) atoms. The minimum Gasteiger partial charge on any atom is -0.445 e. The van der Waals surface area contributed by atoms with E-state index < -0.39 is 19.5 Å². The summed E-state index contributed by atoms with van der Waals surface area (Å²) < 4.78 is 21.5. The average molecular weight is 315 g/mol. The molecule has 0 fully saturated rings. The van der Waals surface area contributed by atoms with Gasteiger partial charge in [-0.15, -0.1) is 0 Å². The molecular formula is C14H22NO5P. The largest absolute Gasteiger partial charge is 0.445 e. The highest BCUT2D eigenvalue weighted by Gasteiger charge is 2.33. The number of nitrogens with one attached hydrogen (secondary N) is 1. The molecule has 1 amide bonds. The van der Waals surface area contributed by atoms with Gasteiger partial charge in [0.05, 0.1) is 0 Å². The van der Waals surface area contributed by atoms with E-state index in [1.807, 2.05) is 44.2 Å². The molecule has 118 valence electrons. The van der Waals surface area contributed by atoms with Crippen molar-refractivity contribution in [3.63, 3.8) is 0 Å². The third-order valence-corrected chi connectivity index (χ3v) is 4.50. The van der Waals surface area contributed by atoms with Gasteiger partial charge >= 0.3 is 13.7 Å². The molecule has 0 aliphatic heterocycles. The molecule has 7 heteroatoms. The van der Waals surface area contributed by atoms with E-state index in [2.05, 4.69) is 9.84 Å². The Kier molecular flexibility index (Phi) is 6.89. The SMILES string of the molecule is COP(=O)(O)[C@@H](CC(C)C)NC(=O)OCc1ccccc1. The summed E-state index contributed by atoms with van der Waals surface area (Å²) >= 11 is 0. The third-order valence-electron chi connectivity index (χ3n) is 2.85. The number of carbonyl (C=O) groups is 1. The van der Waals surface area contributed by atoms with E-state index in [1.165, 1.54) is 0 Å². The van der Waals surface area contributed by atoms with Crippen LogP contribution in [0.5, 0.6) is 0 Å². The number of alkyl carbamates (subject to hydrolysis) is 1. The lowest BCUT2D eigenvalue weighted by Crippen LogP contribution is -2.36. The van der Waals surface area contributed by atoms with Gasteiger partial charge in [-0.05, 0) is 17.9 Å². The zero-order valence-corrected chi connectivity index (χ0v) is 13.4. The molecule has 2 N–H and O–H groups in total. The molecule has 0 aliphatic rings. The molecule has 0 saturated heterocycles. The fourth-order valence-electron chi connectivity index (χ4n) is 1.75. The van der Waals surface area contributed by atoms with Crippen LogP contribution in [0.1, 0.15) is 25.8 Å². The molecule has 1 unspecified atom stereocenters. The van der Waals surface area contributed by atoms with E-state index in [-0.39, 0.29) is 12.5 Å². The van der Waals surface area contributed by atoms with Gasteiger partial charge in [-0.2, -0.15) is 0 Å². The zero-order valence-electron chi connectivity index (χ0n) is 12.5. The molecule has 1 aromatic carbocycles. The maximum atomic E-state index is 11.9. The first-order chi connectivity index (χ1) is 9.85. The second kappa shape index (κ2) is 8.17. The van der Waals surface area contributed by atoms with Crippen molar-refractivity contribution in [3.05, 3.63) is 35.9 Å². The number of benzene rings is 1. The standard InChI is InChI=1S/C14H22NO5P/c1-11(2)9-13(21(17,18)19-3)15-14(16)20-10-12-7-5-4-6-8-12/h4-8,11,13H,9-10H2,1-3H3,(H,15,16)(H,17,18)/t13-/m0/s1.